The summed E-state index contributed by atoms with van der Waals surface area (Å²) >= 11 is 0. The Morgan fingerprint density at radius 2 is 1.53 bits per heavy atom. The van der Waals surface area contributed by atoms with Gasteiger partial charge < -0.3 is 10.6 Å². The van der Waals surface area contributed by atoms with E-state index in [2.05, 4.69) is 10.6 Å². The Morgan fingerprint density at radius 1 is 0.938 bits per heavy atom. The molecule has 172 valence electrons. The summed E-state index contributed by atoms with van der Waals surface area (Å²) in [5, 5.41) is 5.25. The predicted octanol–water partition coefficient (Wildman–Crippen LogP) is 4.99. The quantitative estimate of drug-likeness (QED) is 0.585. The molecule has 3 rings (SSSR count). The first-order valence-corrected chi connectivity index (χ1v) is 12.9. The van der Waals surface area contributed by atoms with Gasteiger partial charge >= 0.3 is 0 Å². The van der Waals surface area contributed by atoms with Crippen molar-refractivity contribution in [3.8, 4) is 0 Å². The lowest BCUT2D eigenvalue weighted by Gasteiger charge is -2.21. The molecule has 0 heterocycles. The molecule has 2 N–H and O–H groups in total. The maximum absolute atomic E-state index is 12.5. The average molecular weight is 457 g/mol. The summed E-state index contributed by atoms with van der Waals surface area (Å²) in [6.45, 7) is 4.92. The molecule has 2 amide bonds. The number of anilines is 2. The number of nitrogens with one attached hydrogen (secondary N) is 2. The molecule has 1 fully saturated rings. The number of hydrogen-bond donors (Lipinski definition) is 2. The van der Waals surface area contributed by atoms with Crippen molar-refractivity contribution < 1.29 is 18.0 Å². The molecule has 0 spiro atoms. The second kappa shape index (κ2) is 10.3. The van der Waals surface area contributed by atoms with Crippen LogP contribution in [0.2, 0.25) is 0 Å². The number of benzene rings is 2. The van der Waals surface area contributed by atoms with E-state index < -0.39 is 9.84 Å². The van der Waals surface area contributed by atoms with Crippen molar-refractivity contribution >= 4 is 33.0 Å². The molecule has 1 saturated carbocycles. The Balaban J connectivity index is 1.60. The zero-order valence-corrected chi connectivity index (χ0v) is 19.7. The minimum Gasteiger partial charge on any atom is -0.326 e. The van der Waals surface area contributed by atoms with Gasteiger partial charge in [-0.25, -0.2) is 8.42 Å². The summed E-state index contributed by atoms with van der Waals surface area (Å²) in [5.74, 6) is 0.619. The van der Waals surface area contributed by atoms with Gasteiger partial charge in [-0.15, -0.1) is 0 Å². The number of rotatable bonds is 8. The Kier molecular flexibility index (Phi) is 7.72. The van der Waals surface area contributed by atoms with E-state index in [4.69, 9.17) is 0 Å². The highest BCUT2D eigenvalue weighted by atomic mass is 32.2. The first-order chi connectivity index (χ1) is 15.2. The van der Waals surface area contributed by atoms with Crippen molar-refractivity contribution in [3.63, 3.8) is 0 Å². The maximum Gasteiger partial charge on any atom is 0.255 e. The SMILES string of the molecule is CC(=O)Nc1ccc(C(=O)Nc2ccc(C3CCCC3CCS(=O)(=O)C(C)C)cc2)cc1. The van der Waals surface area contributed by atoms with Crippen LogP contribution in [0, 0.1) is 5.92 Å². The Hall–Kier alpha value is -2.67. The van der Waals surface area contributed by atoms with E-state index >= 15 is 0 Å². The molecule has 32 heavy (non-hydrogen) atoms. The number of carbonyl (C=O) groups excluding carboxylic acids is 2. The fraction of sp³-hybridized carbons (Fsp3) is 0.440. The second-order valence-electron chi connectivity index (χ2n) is 8.84. The van der Waals surface area contributed by atoms with Gasteiger partial charge in [0.2, 0.25) is 5.91 Å². The van der Waals surface area contributed by atoms with E-state index in [1.54, 1.807) is 38.1 Å². The molecular formula is C25H32N2O4S. The lowest BCUT2D eigenvalue weighted by Crippen LogP contribution is -2.20. The fourth-order valence-corrected chi connectivity index (χ4v) is 5.40. The van der Waals surface area contributed by atoms with Gasteiger partial charge in [-0.1, -0.05) is 18.6 Å². The highest BCUT2D eigenvalue weighted by molar-refractivity contribution is 7.91. The molecule has 6 nitrogen and oxygen atoms in total. The maximum atomic E-state index is 12.5. The van der Waals surface area contributed by atoms with Crippen molar-refractivity contribution in [1.82, 2.24) is 0 Å². The molecule has 7 heteroatoms. The smallest absolute Gasteiger partial charge is 0.255 e. The van der Waals surface area contributed by atoms with Gasteiger partial charge in [-0.3, -0.25) is 9.59 Å². The van der Waals surface area contributed by atoms with E-state index in [9.17, 15) is 18.0 Å². The van der Waals surface area contributed by atoms with Gasteiger partial charge in [0.15, 0.2) is 9.84 Å². The number of amides is 2. The van der Waals surface area contributed by atoms with Crippen LogP contribution >= 0.6 is 0 Å². The summed E-state index contributed by atoms with van der Waals surface area (Å²) in [6.07, 6.45) is 3.95. The summed E-state index contributed by atoms with van der Waals surface area (Å²) in [6, 6.07) is 14.6. The molecule has 2 unspecified atom stereocenters. The van der Waals surface area contributed by atoms with Crippen LogP contribution in [0.1, 0.15) is 68.3 Å². The first-order valence-electron chi connectivity index (χ1n) is 11.2. The molecule has 0 radical (unpaired) electrons. The van der Waals surface area contributed by atoms with E-state index in [0.29, 0.717) is 35.2 Å². The highest BCUT2D eigenvalue weighted by Crippen LogP contribution is 2.42. The van der Waals surface area contributed by atoms with Crippen molar-refractivity contribution in [3.05, 3.63) is 59.7 Å². The highest BCUT2D eigenvalue weighted by Gasteiger charge is 2.30. The van der Waals surface area contributed by atoms with Crippen LogP contribution in [-0.2, 0) is 14.6 Å². The number of hydrogen-bond acceptors (Lipinski definition) is 4. The monoisotopic (exact) mass is 456 g/mol. The summed E-state index contributed by atoms with van der Waals surface area (Å²) < 4.78 is 24.4. The molecule has 0 saturated heterocycles. The Labute approximate surface area is 190 Å². The lowest BCUT2D eigenvalue weighted by atomic mass is 9.87. The fourth-order valence-electron chi connectivity index (χ4n) is 4.30. The third kappa shape index (κ3) is 6.19. The molecule has 0 aliphatic heterocycles. The minimum atomic E-state index is -3.01. The molecule has 1 aliphatic rings. The molecule has 2 atom stereocenters. The summed E-state index contributed by atoms with van der Waals surface area (Å²) in [4.78, 5) is 23.6. The number of carbonyl (C=O) groups is 2. The molecular weight excluding hydrogens is 424 g/mol. The van der Waals surface area contributed by atoms with Crippen molar-refractivity contribution in [2.45, 2.75) is 57.6 Å². The van der Waals surface area contributed by atoms with Crippen LogP contribution in [0.15, 0.2) is 48.5 Å². The number of sulfone groups is 1. The molecule has 2 aromatic carbocycles. The van der Waals surface area contributed by atoms with Crippen molar-refractivity contribution in [2.75, 3.05) is 16.4 Å². The van der Waals surface area contributed by atoms with Gasteiger partial charge in [-0.05, 0) is 86.9 Å². The van der Waals surface area contributed by atoms with Crippen LogP contribution in [0.4, 0.5) is 11.4 Å². The summed E-state index contributed by atoms with van der Waals surface area (Å²) in [7, 11) is -3.01. The molecule has 1 aliphatic carbocycles. The van der Waals surface area contributed by atoms with Gasteiger partial charge in [0.05, 0.1) is 11.0 Å². The van der Waals surface area contributed by atoms with Crippen molar-refractivity contribution in [2.24, 2.45) is 5.92 Å². The van der Waals surface area contributed by atoms with Crippen LogP contribution in [0.3, 0.4) is 0 Å². The van der Waals surface area contributed by atoms with Gasteiger partial charge in [-0.2, -0.15) is 0 Å². The zero-order valence-electron chi connectivity index (χ0n) is 18.9. The first kappa shape index (κ1) is 24.0. The van der Waals surface area contributed by atoms with E-state index in [0.717, 1.165) is 19.3 Å². The van der Waals surface area contributed by atoms with E-state index in [1.165, 1.54) is 12.5 Å². The van der Waals surface area contributed by atoms with Gasteiger partial charge in [0, 0.05) is 23.9 Å². The van der Waals surface area contributed by atoms with Crippen LogP contribution < -0.4 is 10.6 Å². The summed E-state index contributed by atoms with van der Waals surface area (Å²) in [5.41, 5.74) is 3.06. The lowest BCUT2D eigenvalue weighted by molar-refractivity contribution is -0.114. The van der Waals surface area contributed by atoms with Gasteiger partial charge in [0.1, 0.15) is 0 Å². The van der Waals surface area contributed by atoms with Crippen LogP contribution in [0.25, 0.3) is 0 Å². The molecule has 2 aromatic rings. The normalized spacial score (nSPS) is 18.5. The third-order valence-corrected chi connectivity index (χ3v) is 8.46. The van der Waals surface area contributed by atoms with E-state index in [1.807, 2.05) is 24.3 Å². The molecule has 0 bridgehead atoms. The van der Waals surface area contributed by atoms with Crippen molar-refractivity contribution in [1.29, 1.82) is 0 Å². The van der Waals surface area contributed by atoms with E-state index in [-0.39, 0.29) is 22.8 Å². The third-order valence-electron chi connectivity index (χ3n) is 6.21. The van der Waals surface area contributed by atoms with Gasteiger partial charge in [0.25, 0.3) is 5.91 Å². The Morgan fingerprint density at radius 3 is 2.12 bits per heavy atom. The second-order valence-corrected chi connectivity index (χ2v) is 11.5. The largest absolute Gasteiger partial charge is 0.326 e. The topological polar surface area (TPSA) is 92.3 Å². The zero-order chi connectivity index (χ0) is 23.3. The average Bonchev–Trinajstić information content (AvgIpc) is 3.21. The standard InChI is InChI=1S/C25H32N2O4S/c1-17(2)32(30,31)16-15-19-5-4-6-24(19)20-7-11-23(12-8-20)27-25(29)21-9-13-22(14-10-21)26-18(3)28/h7-14,17,19,24H,4-6,15-16H2,1-3H3,(H,26,28)(H,27,29). The molecule has 0 aromatic heterocycles. The van der Waals surface area contributed by atoms with Crippen LogP contribution in [0.5, 0.6) is 0 Å². The predicted molar refractivity (Wildman–Crippen MR) is 129 cm³/mol. The minimum absolute atomic E-state index is 0.159. The Bertz CT molecular complexity index is 1040. The van der Waals surface area contributed by atoms with Crippen LogP contribution in [-0.4, -0.2) is 31.2 Å².